The van der Waals surface area contributed by atoms with Gasteiger partial charge in [-0.1, -0.05) is 23.2 Å². The lowest BCUT2D eigenvalue weighted by Gasteiger charge is -2.02. The van der Waals surface area contributed by atoms with Crippen molar-refractivity contribution in [3.8, 4) is 11.3 Å². The van der Waals surface area contributed by atoms with Gasteiger partial charge < -0.3 is 15.5 Å². The summed E-state index contributed by atoms with van der Waals surface area (Å²) in [6.45, 7) is 1.15. The second-order valence-corrected chi connectivity index (χ2v) is 5.58. The minimum absolute atomic E-state index is 0.0438. The van der Waals surface area contributed by atoms with Crippen molar-refractivity contribution < 1.29 is 9.21 Å². The Balaban J connectivity index is 1.93. The Hall–Kier alpha value is -1.56. The van der Waals surface area contributed by atoms with Gasteiger partial charge in [0.05, 0.1) is 11.2 Å². The first-order chi connectivity index (χ1) is 10.6. The summed E-state index contributed by atoms with van der Waals surface area (Å²) in [6, 6.07) is 5.15. The summed E-state index contributed by atoms with van der Waals surface area (Å²) in [5.41, 5.74) is 6.08. The first-order valence-electron chi connectivity index (χ1n) is 6.97. The van der Waals surface area contributed by atoms with Crippen LogP contribution in [0.15, 0.2) is 28.8 Å². The molecule has 3 N–H and O–H groups in total. The van der Waals surface area contributed by atoms with E-state index in [0.717, 1.165) is 12.0 Å². The molecule has 118 valence electrons. The SMILES string of the molecule is NCCCNC(=O)CCc1ncc(-c2ccc(Cl)cc2Cl)o1. The zero-order chi connectivity index (χ0) is 15.9. The van der Waals surface area contributed by atoms with Crippen LogP contribution in [0, 0.1) is 0 Å². The molecule has 0 fully saturated rings. The lowest BCUT2D eigenvalue weighted by atomic mass is 10.2. The van der Waals surface area contributed by atoms with Crippen LogP contribution >= 0.6 is 23.2 Å². The van der Waals surface area contributed by atoms with Gasteiger partial charge in [0.25, 0.3) is 0 Å². The van der Waals surface area contributed by atoms with Crippen LogP contribution in [0.3, 0.4) is 0 Å². The third-order valence-electron chi connectivity index (χ3n) is 3.02. The standard InChI is InChI=1S/C15H17Cl2N3O2/c16-10-2-3-11(12(17)8-10)13-9-20-15(22-13)5-4-14(21)19-7-1-6-18/h2-3,8-9H,1,4-7,18H2,(H,19,21). The predicted molar refractivity (Wildman–Crippen MR) is 87.0 cm³/mol. The molecular formula is C15H17Cl2N3O2. The second-order valence-electron chi connectivity index (χ2n) is 4.73. The van der Waals surface area contributed by atoms with Gasteiger partial charge in [0.1, 0.15) is 0 Å². The quantitative estimate of drug-likeness (QED) is 0.758. The third kappa shape index (κ3) is 4.73. The highest BCUT2D eigenvalue weighted by atomic mass is 35.5. The summed E-state index contributed by atoms with van der Waals surface area (Å²) in [7, 11) is 0. The Kier molecular flexibility index (Phi) is 6.24. The molecule has 0 saturated carbocycles. The van der Waals surface area contributed by atoms with Crippen LogP contribution in [0.1, 0.15) is 18.7 Å². The predicted octanol–water partition coefficient (Wildman–Crippen LogP) is 3.05. The molecule has 0 aliphatic rings. The van der Waals surface area contributed by atoms with Crippen LogP contribution < -0.4 is 11.1 Å². The summed E-state index contributed by atoms with van der Waals surface area (Å²) in [4.78, 5) is 15.8. The van der Waals surface area contributed by atoms with E-state index in [2.05, 4.69) is 10.3 Å². The monoisotopic (exact) mass is 341 g/mol. The van der Waals surface area contributed by atoms with Gasteiger partial charge in [-0.3, -0.25) is 4.79 Å². The van der Waals surface area contributed by atoms with Crippen molar-refractivity contribution in [3.05, 3.63) is 40.3 Å². The van der Waals surface area contributed by atoms with E-state index in [4.69, 9.17) is 33.4 Å². The molecular weight excluding hydrogens is 325 g/mol. The van der Waals surface area contributed by atoms with Gasteiger partial charge in [-0.25, -0.2) is 4.98 Å². The molecule has 0 unspecified atom stereocenters. The molecule has 0 bridgehead atoms. The van der Waals surface area contributed by atoms with E-state index < -0.39 is 0 Å². The molecule has 0 aliphatic heterocycles. The Morgan fingerprint density at radius 1 is 1.36 bits per heavy atom. The summed E-state index contributed by atoms with van der Waals surface area (Å²) in [6.07, 6.45) is 3.11. The summed E-state index contributed by atoms with van der Waals surface area (Å²) in [5, 5.41) is 3.84. The average molecular weight is 342 g/mol. The van der Waals surface area contributed by atoms with Gasteiger partial charge in [0, 0.05) is 30.0 Å². The van der Waals surface area contributed by atoms with Crippen molar-refractivity contribution in [2.24, 2.45) is 5.73 Å². The summed E-state index contributed by atoms with van der Waals surface area (Å²) in [5.74, 6) is 1.01. The van der Waals surface area contributed by atoms with E-state index in [1.54, 1.807) is 24.4 Å². The number of nitrogens with one attached hydrogen (secondary N) is 1. The van der Waals surface area contributed by atoms with E-state index in [9.17, 15) is 4.79 Å². The smallest absolute Gasteiger partial charge is 0.220 e. The van der Waals surface area contributed by atoms with Crippen molar-refractivity contribution in [2.45, 2.75) is 19.3 Å². The van der Waals surface area contributed by atoms with Gasteiger partial charge in [0.15, 0.2) is 11.7 Å². The molecule has 5 nitrogen and oxygen atoms in total. The van der Waals surface area contributed by atoms with E-state index in [1.807, 2.05) is 0 Å². The fourth-order valence-corrected chi connectivity index (χ4v) is 2.38. The Morgan fingerprint density at radius 3 is 2.91 bits per heavy atom. The molecule has 0 atom stereocenters. The molecule has 0 saturated heterocycles. The molecule has 1 aromatic carbocycles. The first-order valence-corrected chi connectivity index (χ1v) is 7.72. The number of aromatic nitrogens is 1. The van der Waals surface area contributed by atoms with Crippen molar-refractivity contribution >= 4 is 29.1 Å². The van der Waals surface area contributed by atoms with Gasteiger partial charge in [0.2, 0.25) is 5.91 Å². The van der Waals surface area contributed by atoms with Crippen LogP contribution in [-0.4, -0.2) is 24.0 Å². The van der Waals surface area contributed by atoms with Crippen LogP contribution in [-0.2, 0) is 11.2 Å². The Morgan fingerprint density at radius 2 is 2.18 bits per heavy atom. The van der Waals surface area contributed by atoms with E-state index in [-0.39, 0.29) is 5.91 Å². The molecule has 1 amide bonds. The number of carbonyl (C=O) groups is 1. The molecule has 22 heavy (non-hydrogen) atoms. The van der Waals surface area contributed by atoms with E-state index in [1.165, 1.54) is 0 Å². The second kappa shape index (κ2) is 8.17. The van der Waals surface area contributed by atoms with Gasteiger partial charge in [-0.05, 0) is 31.2 Å². The highest BCUT2D eigenvalue weighted by molar-refractivity contribution is 6.36. The zero-order valence-corrected chi connectivity index (χ0v) is 13.5. The van der Waals surface area contributed by atoms with Crippen LogP contribution in [0.5, 0.6) is 0 Å². The maximum absolute atomic E-state index is 11.6. The lowest BCUT2D eigenvalue weighted by Crippen LogP contribution is -2.26. The molecule has 2 rings (SSSR count). The summed E-state index contributed by atoms with van der Waals surface area (Å²) < 4.78 is 5.63. The molecule has 0 aliphatic carbocycles. The topological polar surface area (TPSA) is 81.1 Å². The molecule has 7 heteroatoms. The normalized spacial score (nSPS) is 10.7. The number of carbonyl (C=O) groups excluding carboxylic acids is 1. The number of oxazole rings is 1. The van der Waals surface area contributed by atoms with Gasteiger partial charge >= 0.3 is 0 Å². The number of nitrogens with zero attached hydrogens (tertiary/aromatic N) is 1. The molecule has 1 heterocycles. The highest BCUT2D eigenvalue weighted by Gasteiger charge is 2.11. The van der Waals surface area contributed by atoms with Crippen LogP contribution in [0.25, 0.3) is 11.3 Å². The third-order valence-corrected chi connectivity index (χ3v) is 3.57. The van der Waals surface area contributed by atoms with Crippen molar-refractivity contribution in [1.29, 1.82) is 0 Å². The first kappa shape index (κ1) is 16.8. The number of aryl methyl sites for hydroxylation is 1. The Labute approximate surface area is 138 Å². The number of amides is 1. The number of halogens is 2. The van der Waals surface area contributed by atoms with Crippen molar-refractivity contribution in [1.82, 2.24) is 10.3 Å². The molecule has 0 spiro atoms. The minimum atomic E-state index is -0.0438. The number of nitrogens with two attached hydrogens (primary N) is 1. The lowest BCUT2D eigenvalue weighted by molar-refractivity contribution is -0.121. The molecule has 0 radical (unpaired) electrons. The fraction of sp³-hybridized carbons (Fsp3) is 0.333. The van der Waals surface area contributed by atoms with E-state index in [0.29, 0.717) is 47.6 Å². The number of rotatable bonds is 7. The Bertz CT molecular complexity index is 643. The number of benzene rings is 1. The highest BCUT2D eigenvalue weighted by Crippen LogP contribution is 2.30. The summed E-state index contributed by atoms with van der Waals surface area (Å²) >= 11 is 12.0. The molecule has 2 aromatic rings. The maximum atomic E-state index is 11.6. The maximum Gasteiger partial charge on any atom is 0.220 e. The molecule has 1 aromatic heterocycles. The largest absolute Gasteiger partial charge is 0.441 e. The minimum Gasteiger partial charge on any atom is -0.441 e. The average Bonchev–Trinajstić information content (AvgIpc) is 2.94. The fourth-order valence-electron chi connectivity index (χ4n) is 1.88. The van der Waals surface area contributed by atoms with Gasteiger partial charge in [-0.15, -0.1) is 0 Å². The number of hydrogen-bond acceptors (Lipinski definition) is 4. The van der Waals surface area contributed by atoms with E-state index >= 15 is 0 Å². The zero-order valence-electron chi connectivity index (χ0n) is 11.9. The van der Waals surface area contributed by atoms with Crippen LogP contribution in [0.4, 0.5) is 0 Å². The number of hydrogen-bond donors (Lipinski definition) is 2. The van der Waals surface area contributed by atoms with Crippen LogP contribution in [0.2, 0.25) is 10.0 Å². The van der Waals surface area contributed by atoms with Gasteiger partial charge in [-0.2, -0.15) is 0 Å². The van der Waals surface area contributed by atoms with Crippen molar-refractivity contribution in [3.63, 3.8) is 0 Å². The van der Waals surface area contributed by atoms with Crippen molar-refractivity contribution in [2.75, 3.05) is 13.1 Å².